The molecule has 5 heteroatoms. The van der Waals surface area contributed by atoms with Gasteiger partial charge in [-0.05, 0) is 32.1 Å². The van der Waals surface area contributed by atoms with Gasteiger partial charge in [-0.25, -0.2) is 4.79 Å². The van der Waals surface area contributed by atoms with Crippen molar-refractivity contribution >= 4 is 12.0 Å². The van der Waals surface area contributed by atoms with Crippen LogP contribution in [0.1, 0.15) is 51.9 Å². The first kappa shape index (κ1) is 14.2. The molecule has 19 heavy (non-hydrogen) atoms. The molecule has 2 aliphatic carbocycles. The minimum atomic E-state index is -0.783. The molecule has 2 rings (SSSR count). The Bertz CT molecular complexity index is 342. The lowest BCUT2D eigenvalue weighted by molar-refractivity contribution is -0.142. The van der Waals surface area contributed by atoms with E-state index >= 15 is 0 Å². The van der Waals surface area contributed by atoms with Crippen molar-refractivity contribution in [1.82, 2.24) is 10.2 Å². The van der Waals surface area contributed by atoms with E-state index in [9.17, 15) is 9.59 Å². The molecule has 2 saturated carbocycles. The normalized spacial score (nSPS) is 26.2. The molecule has 0 bridgehead atoms. The number of amides is 2. The third-order valence-electron chi connectivity index (χ3n) is 4.14. The van der Waals surface area contributed by atoms with Crippen molar-refractivity contribution in [3.05, 3.63) is 0 Å². The number of nitrogens with one attached hydrogen (secondary N) is 1. The minimum absolute atomic E-state index is 0.0610. The zero-order chi connectivity index (χ0) is 13.8. The van der Waals surface area contributed by atoms with Gasteiger partial charge >= 0.3 is 12.0 Å². The van der Waals surface area contributed by atoms with Crippen LogP contribution in [0, 0.1) is 5.92 Å². The Morgan fingerprint density at radius 1 is 1.26 bits per heavy atom. The van der Waals surface area contributed by atoms with Crippen LogP contribution < -0.4 is 5.32 Å². The highest BCUT2D eigenvalue weighted by Crippen LogP contribution is 2.29. The Hall–Kier alpha value is -1.26. The van der Waals surface area contributed by atoms with E-state index in [1.54, 1.807) is 0 Å². The zero-order valence-electron chi connectivity index (χ0n) is 11.6. The van der Waals surface area contributed by atoms with Crippen LogP contribution >= 0.6 is 0 Å². The second kappa shape index (κ2) is 6.26. The number of carbonyl (C=O) groups is 2. The van der Waals surface area contributed by atoms with Gasteiger partial charge in [0.05, 0.1) is 5.92 Å². The molecule has 2 amide bonds. The molecule has 2 aliphatic rings. The Balaban J connectivity index is 1.89. The van der Waals surface area contributed by atoms with E-state index in [-0.39, 0.29) is 12.1 Å². The Labute approximate surface area is 114 Å². The van der Waals surface area contributed by atoms with Gasteiger partial charge in [0, 0.05) is 18.6 Å². The standard InChI is InChI=1S/C14H24N2O3/c1-2-3-9-16(10-7-8-10)14(19)15-12-6-4-5-11(12)13(17)18/h10-12H,2-9H2,1H3,(H,15,19)(H,17,18). The van der Waals surface area contributed by atoms with E-state index in [1.807, 2.05) is 4.90 Å². The predicted molar refractivity (Wildman–Crippen MR) is 71.9 cm³/mol. The van der Waals surface area contributed by atoms with Gasteiger partial charge in [0.2, 0.25) is 0 Å². The number of aliphatic carboxylic acids is 1. The maximum atomic E-state index is 12.3. The first-order valence-electron chi connectivity index (χ1n) is 7.43. The maximum Gasteiger partial charge on any atom is 0.317 e. The lowest BCUT2D eigenvalue weighted by Crippen LogP contribution is -2.48. The first-order valence-corrected chi connectivity index (χ1v) is 7.43. The summed E-state index contributed by atoms with van der Waals surface area (Å²) in [5, 5.41) is 12.1. The van der Waals surface area contributed by atoms with E-state index in [0.717, 1.165) is 45.1 Å². The van der Waals surface area contributed by atoms with Gasteiger partial charge in [0.1, 0.15) is 0 Å². The summed E-state index contributed by atoms with van der Waals surface area (Å²) in [7, 11) is 0. The summed E-state index contributed by atoms with van der Waals surface area (Å²) in [6, 6.07) is 0.137. The number of urea groups is 1. The fourth-order valence-corrected chi connectivity index (χ4v) is 2.83. The van der Waals surface area contributed by atoms with Gasteiger partial charge < -0.3 is 15.3 Å². The van der Waals surface area contributed by atoms with Gasteiger partial charge in [0.25, 0.3) is 0 Å². The van der Waals surface area contributed by atoms with Gasteiger partial charge in [-0.2, -0.15) is 0 Å². The number of carboxylic acid groups (broad SMARTS) is 1. The number of nitrogens with zero attached hydrogens (tertiary/aromatic N) is 1. The second-order valence-corrected chi connectivity index (χ2v) is 5.71. The van der Waals surface area contributed by atoms with Crippen molar-refractivity contribution in [3.63, 3.8) is 0 Å². The molecule has 0 saturated heterocycles. The number of unbranched alkanes of at least 4 members (excludes halogenated alkanes) is 1. The molecular formula is C14H24N2O3. The maximum absolute atomic E-state index is 12.3. The molecule has 0 heterocycles. The second-order valence-electron chi connectivity index (χ2n) is 5.71. The molecule has 0 aromatic heterocycles. The number of hydrogen-bond acceptors (Lipinski definition) is 2. The van der Waals surface area contributed by atoms with Crippen LogP contribution in [0.3, 0.4) is 0 Å². The molecular weight excluding hydrogens is 244 g/mol. The molecule has 0 radical (unpaired) electrons. The van der Waals surface area contributed by atoms with Crippen LogP contribution in [0.4, 0.5) is 4.79 Å². The Morgan fingerprint density at radius 2 is 2.00 bits per heavy atom. The number of hydrogen-bond donors (Lipinski definition) is 2. The van der Waals surface area contributed by atoms with Crippen LogP contribution in [-0.4, -0.2) is 40.6 Å². The number of rotatable bonds is 6. The van der Waals surface area contributed by atoms with E-state index in [1.165, 1.54) is 0 Å². The molecule has 0 spiro atoms. The number of carbonyl (C=O) groups excluding carboxylic acids is 1. The van der Waals surface area contributed by atoms with Crippen molar-refractivity contribution < 1.29 is 14.7 Å². The topological polar surface area (TPSA) is 69.6 Å². The van der Waals surface area contributed by atoms with Crippen molar-refractivity contribution in [2.45, 2.75) is 64.0 Å². The highest BCUT2D eigenvalue weighted by molar-refractivity contribution is 5.77. The number of carboxylic acids is 1. The fraction of sp³-hybridized carbons (Fsp3) is 0.857. The largest absolute Gasteiger partial charge is 0.481 e. The molecule has 2 atom stereocenters. The summed E-state index contributed by atoms with van der Waals surface area (Å²) in [4.78, 5) is 25.3. The minimum Gasteiger partial charge on any atom is -0.481 e. The average Bonchev–Trinajstić information content (AvgIpc) is 3.09. The summed E-state index contributed by atoms with van der Waals surface area (Å²) in [6.07, 6.45) is 6.61. The van der Waals surface area contributed by atoms with Gasteiger partial charge in [-0.15, -0.1) is 0 Å². The van der Waals surface area contributed by atoms with Crippen LogP contribution in [0.25, 0.3) is 0 Å². The third kappa shape index (κ3) is 3.61. The molecule has 108 valence electrons. The lowest BCUT2D eigenvalue weighted by atomic mass is 10.0. The van der Waals surface area contributed by atoms with E-state index in [4.69, 9.17) is 5.11 Å². The fourth-order valence-electron chi connectivity index (χ4n) is 2.83. The summed E-state index contributed by atoms with van der Waals surface area (Å²) >= 11 is 0. The molecule has 2 fully saturated rings. The molecule has 5 nitrogen and oxygen atoms in total. The summed E-state index contributed by atoms with van der Waals surface area (Å²) in [6.45, 7) is 2.90. The van der Waals surface area contributed by atoms with Crippen LogP contribution in [0.2, 0.25) is 0 Å². The van der Waals surface area contributed by atoms with Crippen LogP contribution in [-0.2, 0) is 4.79 Å². The molecule has 0 aliphatic heterocycles. The molecule has 0 aromatic carbocycles. The first-order chi connectivity index (χ1) is 9.13. The summed E-state index contributed by atoms with van der Waals surface area (Å²) in [5.41, 5.74) is 0. The van der Waals surface area contributed by atoms with Crippen LogP contribution in [0.5, 0.6) is 0 Å². The van der Waals surface area contributed by atoms with Gasteiger partial charge in [0.15, 0.2) is 0 Å². The zero-order valence-corrected chi connectivity index (χ0v) is 11.6. The Morgan fingerprint density at radius 3 is 2.58 bits per heavy atom. The quantitative estimate of drug-likeness (QED) is 0.776. The summed E-state index contributed by atoms with van der Waals surface area (Å²) in [5.74, 6) is -1.19. The molecule has 2 unspecified atom stereocenters. The highest BCUT2D eigenvalue weighted by Gasteiger charge is 2.37. The van der Waals surface area contributed by atoms with E-state index in [2.05, 4.69) is 12.2 Å². The lowest BCUT2D eigenvalue weighted by Gasteiger charge is -2.26. The monoisotopic (exact) mass is 268 g/mol. The van der Waals surface area contributed by atoms with Crippen molar-refractivity contribution in [2.75, 3.05) is 6.54 Å². The summed E-state index contributed by atoms with van der Waals surface area (Å²) < 4.78 is 0. The molecule has 0 aromatic rings. The average molecular weight is 268 g/mol. The third-order valence-corrected chi connectivity index (χ3v) is 4.14. The van der Waals surface area contributed by atoms with Gasteiger partial charge in [-0.3, -0.25) is 4.79 Å². The SMILES string of the molecule is CCCCN(C(=O)NC1CCCC1C(=O)O)C1CC1. The van der Waals surface area contributed by atoms with E-state index in [0.29, 0.717) is 12.5 Å². The van der Waals surface area contributed by atoms with Crippen LogP contribution in [0.15, 0.2) is 0 Å². The Kier molecular flexibility index (Phi) is 4.66. The van der Waals surface area contributed by atoms with Crippen molar-refractivity contribution in [3.8, 4) is 0 Å². The molecule has 2 N–H and O–H groups in total. The van der Waals surface area contributed by atoms with Gasteiger partial charge in [-0.1, -0.05) is 19.8 Å². The predicted octanol–water partition coefficient (Wildman–Crippen LogP) is 2.21. The highest BCUT2D eigenvalue weighted by atomic mass is 16.4. The van der Waals surface area contributed by atoms with E-state index < -0.39 is 11.9 Å². The van der Waals surface area contributed by atoms with Crippen molar-refractivity contribution in [1.29, 1.82) is 0 Å². The van der Waals surface area contributed by atoms with Crippen molar-refractivity contribution in [2.24, 2.45) is 5.92 Å². The smallest absolute Gasteiger partial charge is 0.317 e.